The van der Waals surface area contributed by atoms with Crippen LogP contribution in [0.3, 0.4) is 0 Å². The third kappa shape index (κ3) is 2.93. The van der Waals surface area contributed by atoms with Crippen LogP contribution in [0.2, 0.25) is 0 Å². The fourth-order valence-electron chi connectivity index (χ4n) is 5.31. The largest absolute Gasteiger partial charge is 0.469 e. The van der Waals surface area contributed by atoms with Crippen molar-refractivity contribution in [1.82, 2.24) is 9.47 Å². The van der Waals surface area contributed by atoms with E-state index in [9.17, 15) is 14.7 Å². The van der Waals surface area contributed by atoms with E-state index in [0.29, 0.717) is 18.0 Å². The molecular weight excluding hydrogens is 368 g/mol. The summed E-state index contributed by atoms with van der Waals surface area (Å²) in [6, 6.07) is 13.3. The maximum atomic E-state index is 13.4. The minimum absolute atomic E-state index is 0.0306. The monoisotopic (exact) mass is 394 g/mol. The first-order valence-electron chi connectivity index (χ1n) is 10.4. The molecule has 2 bridgehead atoms. The third-order valence-electron chi connectivity index (χ3n) is 6.89. The van der Waals surface area contributed by atoms with E-state index in [0.717, 1.165) is 17.8 Å². The molecule has 5 rings (SSSR count). The minimum Gasteiger partial charge on any atom is -0.469 e. The lowest BCUT2D eigenvalue weighted by atomic mass is 9.87. The quantitative estimate of drug-likeness (QED) is 0.786. The van der Waals surface area contributed by atoms with Gasteiger partial charge >= 0.3 is 5.97 Å². The van der Waals surface area contributed by atoms with Crippen LogP contribution in [-0.2, 0) is 16.1 Å². The molecule has 2 aromatic rings. The molecule has 0 spiro atoms. The van der Waals surface area contributed by atoms with Crippen molar-refractivity contribution in [3.8, 4) is 11.1 Å². The highest BCUT2D eigenvalue weighted by atomic mass is 16.5. The highest BCUT2D eigenvalue weighted by Crippen LogP contribution is 2.50. The van der Waals surface area contributed by atoms with Crippen molar-refractivity contribution in [2.75, 3.05) is 20.3 Å². The number of aliphatic hydroxyl groups excluding tert-OH is 1. The van der Waals surface area contributed by atoms with Gasteiger partial charge in [0.1, 0.15) is 0 Å². The number of aliphatic hydroxyl groups is 1. The fraction of sp³-hybridized carbons (Fsp3) is 0.478. The van der Waals surface area contributed by atoms with E-state index in [1.165, 1.54) is 20.0 Å². The van der Waals surface area contributed by atoms with E-state index in [4.69, 9.17) is 4.74 Å². The molecule has 0 amide bonds. The van der Waals surface area contributed by atoms with Crippen LogP contribution in [0.4, 0.5) is 0 Å². The summed E-state index contributed by atoms with van der Waals surface area (Å²) in [5.74, 6) is -0.335. The molecule has 29 heavy (non-hydrogen) atoms. The number of pyridine rings is 1. The number of aromatic nitrogens is 1. The van der Waals surface area contributed by atoms with Gasteiger partial charge in [-0.2, -0.15) is 0 Å². The number of hydrogen-bond acceptors (Lipinski definition) is 5. The maximum Gasteiger partial charge on any atom is 0.311 e. The van der Waals surface area contributed by atoms with Crippen molar-refractivity contribution in [2.24, 2.45) is 17.8 Å². The molecule has 0 radical (unpaired) electrons. The molecule has 4 atom stereocenters. The molecule has 0 unspecified atom stereocenters. The first-order chi connectivity index (χ1) is 14.1. The van der Waals surface area contributed by atoms with Crippen LogP contribution in [0, 0.1) is 17.8 Å². The number of methoxy groups -OCH3 is 1. The molecule has 1 aliphatic carbocycles. The third-order valence-corrected chi connectivity index (χ3v) is 6.89. The van der Waals surface area contributed by atoms with Crippen molar-refractivity contribution >= 4 is 5.97 Å². The molecule has 6 nitrogen and oxygen atoms in total. The molecule has 1 aromatic heterocycles. The Labute approximate surface area is 169 Å². The van der Waals surface area contributed by atoms with E-state index in [1.54, 1.807) is 0 Å². The zero-order chi connectivity index (χ0) is 20.1. The second-order valence-corrected chi connectivity index (χ2v) is 8.50. The lowest BCUT2D eigenvalue weighted by Gasteiger charge is -2.38. The first-order valence-corrected chi connectivity index (χ1v) is 10.4. The number of rotatable bonds is 5. The van der Waals surface area contributed by atoms with Crippen molar-refractivity contribution in [1.29, 1.82) is 0 Å². The number of benzene rings is 1. The van der Waals surface area contributed by atoms with Crippen LogP contribution in [0.15, 0.2) is 47.3 Å². The van der Waals surface area contributed by atoms with E-state index in [2.05, 4.69) is 4.90 Å². The molecule has 1 saturated heterocycles. The molecule has 3 aliphatic rings. The van der Waals surface area contributed by atoms with Crippen molar-refractivity contribution in [2.45, 2.75) is 31.5 Å². The molecule has 1 N–H and O–H groups in total. The minimum atomic E-state index is -0.454. The van der Waals surface area contributed by atoms with Gasteiger partial charge in [-0.3, -0.25) is 14.5 Å². The number of carbonyl (C=O) groups excluding carboxylic acids is 1. The van der Waals surface area contributed by atoms with Crippen LogP contribution < -0.4 is 5.56 Å². The molecule has 2 fully saturated rings. The van der Waals surface area contributed by atoms with Gasteiger partial charge in [0, 0.05) is 42.9 Å². The van der Waals surface area contributed by atoms with Crippen LogP contribution in [0.5, 0.6) is 0 Å². The average molecular weight is 394 g/mol. The Balaban J connectivity index is 1.63. The van der Waals surface area contributed by atoms with Gasteiger partial charge in [0.2, 0.25) is 0 Å². The van der Waals surface area contributed by atoms with Crippen molar-refractivity contribution in [3.63, 3.8) is 0 Å². The molecule has 2 aliphatic heterocycles. The van der Waals surface area contributed by atoms with Gasteiger partial charge in [-0.05, 0) is 36.5 Å². The number of hydrogen-bond donors (Lipinski definition) is 1. The number of carbonyl (C=O) groups is 1. The fourth-order valence-corrected chi connectivity index (χ4v) is 5.31. The Morgan fingerprint density at radius 2 is 1.93 bits per heavy atom. The first kappa shape index (κ1) is 18.6. The van der Waals surface area contributed by atoms with E-state index >= 15 is 0 Å². The lowest BCUT2D eigenvalue weighted by Crippen LogP contribution is -2.47. The van der Waals surface area contributed by atoms with Crippen LogP contribution in [0.25, 0.3) is 11.1 Å². The van der Waals surface area contributed by atoms with Gasteiger partial charge in [0.05, 0.1) is 19.1 Å². The average Bonchev–Trinajstić information content (AvgIpc) is 3.53. The van der Waals surface area contributed by atoms with Gasteiger partial charge in [0.15, 0.2) is 0 Å². The predicted molar refractivity (Wildman–Crippen MR) is 108 cm³/mol. The zero-order valence-electron chi connectivity index (χ0n) is 16.5. The van der Waals surface area contributed by atoms with E-state index in [1.807, 2.05) is 47.0 Å². The molecule has 1 aromatic carbocycles. The summed E-state index contributed by atoms with van der Waals surface area (Å²) in [5, 5.41) is 10.2. The van der Waals surface area contributed by atoms with Crippen LogP contribution >= 0.6 is 0 Å². The van der Waals surface area contributed by atoms with E-state index in [-0.39, 0.29) is 36.1 Å². The highest BCUT2D eigenvalue weighted by Gasteiger charge is 2.56. The number of fused-ring (bicyclic) bond motifs is 4. The lowest BCUT2D eigenvalue weighted by molar-refractivity contribution is -0.148. The van der Waals surface area contributed by atoms with Crippen LogP contribution in [-0.4, -0.2) is 46.8 Å². The van der Waals surface area contributed by atoms with Gasteiger partial charge in [-0.1, -0.05) is 30.3 Å². The van der Waals surface area contributed by atoms with E-state index < -0.39 is 5.92 Å². The van der Waals surface area contributed by atoms with Crippen LogP contribution in [0.1, 0.15) is 24.6 Å². The SMILES string of the molecule is COC(=O)[C@H]1[C@H](CO)[C@H]2Cn3c(ccc(-c4ccccc4)c3=O)[C@@H]1N2CC1CC1. The Bertz CT molecular complexity index is 982. The summed E-state index contributed by atoms with van der Waals surface area (Å²) in [6.07, 6.45) is 2.42. The standard InChI is InChI=1S/C23H26N2O4/c1-29-23(28)20-17(13-26)19-12-25-18(21(20)24(19)11-14-7-8-14)10-9-16(22(25)27)15-5-3-2-4-6-15/h2-6,9-10,14,17,19-21,26H,7-8,11-13H2,1H3/t17-,19-,20+,21+/m1/s1. The smallest absolute Gasteiger partial charge is 0.311 e. The van der Waals surface area contributed by atoms with Gasteiger partial charge in [-0.15, -0.1) is 0 Å². The zero-order valence-corrected chi connectivity index (χ0v) is 16.5. The van der Waals surface area contributed by atoms with Crippen molar-refractivity contribution < 1.29 is 14.6 Å². The Morgan fingerprint density at radius 1 is 1.17 bits per heavy atom. The summed E-state index contributed by atoms with van der Waals surface area (Å²) in [6.45, 7) is 1.32. The Morgan fingerprint density at radius 3 is 2.59 bits per heavy atom. The van der Waals surface area contributed by atoms with Gasteiger partial charge in [0.25, 0.3) is 5.56 Å². The predicted octanol–water partition coefficient (Wildman–Crippen LogP) is 2.06. The number of esters is 1. The molecule has 3 heterocycles. The summed E-state index contributed by atoms with van der Waals surface area (Å²) in [5.41, 5.74) is 2.39. The van der Waals surface area contributed by atoms with Gasteiger partial charge < -0.3 is 14.4 Å². The molecule has 152 valence electrons. The molecule has 1 saturated carbocycles. The normalized spacial score (nSPS) is 28.2. The van der Waals surface area contributed by atoms with Gasteiger partial charge in [-0.25, -0.2) is 0 Å². The molecular formula is C23H26N2O4. The summed E-state index contributed by atoms with van der Waals surface area (Å²) in [7, 11) is 1.40. The Hall–Kier alpha value is -2.44. The second kappa shape index (κ2) is 7.11. The topological polar surface area (TPSA) is 71.8 Å². The second-order valence-electron chi connectivity index (χ2n) is 8.50. The maximum absolute atomic E-state index is 13.4. The number of nitrogens with zero attached hydrogens (tertiary/aromatic N) is 2. The summed E-state index contributed by atoms with van der Waals surface area (Å²) < 4.78 is 6.94. The highest BCUT2D eigenvalue weighted by molar-refractivity contribution is 5.75. The van der Waals surface area contributed by atoms with Crippen molar-refractivity contribution in [3.05, 3.63) is 58.5 Å². The summed E-state index contributed by atoms with van der Waals surface area (Å²) in [4.78, 5) is 28.4. The Kier molecular flexibility index (Phi) is 4.56. The molecule has 6 heteroatoms. The summed E-state index contributed by atoms with van der Waals surface area (Å²) >= 11 is 0. The number of ether oxygens (including phenoxy) is 1.